The van der Waals surface area contributed by atoms with E-state index < -0.39 is 5.54 Å². The van der Waals surface area contributed by atoms with Gasteiger partial charge in [0.25, 0.3) is 5.56 Å². The van der Waals surface area contributed by atoms with Gasteiger partial charge in [-0.1, -0.05) is 6.07 Å². The largest absolute Gasteiger partial charge is 0.464 e. The van der Waals surface area contributed by atoms with E-state index in [1.54, 1.807) is 6.26 Å². The maximum atomic E-state index is 12.4. The second-order valence-electron chi connectivity index (χ2n) is 6.40. The Hall–Kier alpha value is -2.44. The number of ketones is 1. The minimum absolute atomic E-state index is 0.0337. The third kappa shape index (κ3) is 2.44. The highest BCUT2D eigenvalue weighted by Crippen LogP contribution is 2.18. The third-order valence-electron chi connectivity index (χ3n) is 4.26. The van der Waals surface area contributed by atoms with E-state index in [9.17, 15) is 9.59 Å². The first kappa shape index (κ1) is 15.1. The topological polar surface area (TPSA) is 75.1 Å². The predicted molar refractivity (Wildman–Crippen MR) is 94.5 cm³/mol. The van der Waals surface area contributed by atoms with Crippen molar-refractivity contribution in [2.75, 3.05) is 6.54 Å². The van der Waals surface area contributed by atoms with Crippen molar-refractivity contribution >= 4 is 39.7 Å². The van der Waals surface area contributed by atoms with Crippen LogP contribution < -0.4 is 20.1 Å². The molecule has 3 heterocycles. The van der Waals surface area contributed by atoms with Crippen molar-refractivity contribution < 1.29 is 9.21 Å². The summed E-state index contributed by atoms with van der Waals surface area (Å²) in [5, 5.41) is 4.16. The molecule has 6 heteroatoms. The first-order valence-electron chi connectivity index (χ1n) is 7.65. The van der Waals surface area contributed by atoms with Crippen LogP contribution in [0.5, 0.6) is 0 Å². The number of H-pyrrole nitrogens is 1. The van der Waals surface area contributed by atoms with Crippen molar-refractivity contribution in [3.05, 3.63) is 55.6 Å². The van der Waals surface area contributed by atoms with Gasteiger partial charge >= 0.3 is 0 Å². The Bertz CT molecular complexity index is 1130. The molecule has 0 bridgehead atoms. The fourth-order valence-corrected chi connectivity index (χ4v) is 3.83. The lowest BCUT2D eigenvalue weighted by molar-refractivity contribution is -0.117. The number of hydrogen-bond donors (Lipinski definition) is 2. The number of Topliss-reactive ketones (excluding diaryl/α,β-unsaturated/α-hetero) is 1. The van der Waals surface area contributed by atoms with E-state index in [0.29, 0.717) is 21.3 Å². The van der Waals surface area contributed by atoms with Crippen molar-refractivity contribution in [3.63, 3.8) is 0 Å². The summed E-state index contributed by atoms with van der Waals surface area (Å²) in [6.45, 7) is 4.17. The van der Waals surface area contributed by atoms with Crippen molar-refractivity contribution in [1.82, 2.24) is 10.3 Å². The molecule has 1 aromatic carbocycles. The minimum atomic E-state index is -0.577. The number of carbonyl (C=O) groups excluding carboxylic acids is 1. The number of nitrogens with one attached hydrogen (secondary N) is 2. The molecule has 2 aromatic heterocycles. The van der Waals surface area contributed by atoms with Crippen molar-refractivity contribution in [3.8, 4) is 0 Å². The predicted octanol–water partition coefficient (Wildman–Crippen LogP) is 1.11. The summed E-state index contributed by atoms with van der Waals surface area (Å²) < 4.78 is 6.54. The molecule has 3 aromatic rings. The molecule has 0 saturated carbocycles. The van der Waals surface area contributed by atoms with Gasteiger partial charge in [-0.15, -0.1) is 11.3 Å². The lowest BCUT2D eigenvalue weighted by atomic mass is 10.00. The zero-order valence-electron chi connectivity index (χ0n) is 13.3. The number of aromatic amines is 1. The Balaban J connectivity index is 1.84. The van der Waals surface area contributed by atoms with Crippen LogP contribution in [0.4, 0.5) is 0 Å². The number of furan rings is 1. The quantitative estimate of drug-likeness (QED) is 0.696. The first-order valence-corrected chi connectivity index (χ1v) is 8.47. The number of aromatic nitrogens is 1. The molecule has 5 nitrogen and oxygen atoms in total. The van der Waals surface area contributed by atoms with Crippen LogP contribution in [0.2, 0.25) is 0 Å². The van der Waals surface area contributed by atoms with Gasteiger partial charge in [-0.3, -0.25) is 9.59 Å². The van der Waals surface area contributed by atoms with E-state index in [-0.39, 0.29) is 11.3 Å². The molecular formula is C18H16N2O3S. The molecule has 1 aliphatic rings. The van der Waals surface area contributed by atoms with Crippen molar-refractivity contribution in [2.45, 2.75) is 19.4 Å². The van der Waals surface area contributed by atoms with Gasteiger partial charge in [0.15, 0.2) is 5.78 Å². The summed E-state index contributed by atoms with van der Waals surface area (Å²) in [4.78, 5) is 27.5. The molecule has 1 fully saturated rings. The SMILES string of the molecule is CC1(C)NC/C(=c2/[nH]c(=O)/c(=C/c3ccc4occc4c3)s2)C1=O. The Kier molecular flexibility index (Phi) is 3.33. The van der Waals surface area contributed by atoms with Crippen LogP contribution in [0.25, 0.3) is 22.6 Å². The van der Waals surface area contributed by atoms with E-state index in [1.807, 2.05) is 44.2 Å². The van der Waals surface area contributed by atoms with Crippen LogP contribution >= 0.6 is 11.3 Å². The second-order valence-corrected chi connectivity index (χ2v) is 7.45. The van der Waals surface area contributed by atoms with Gasteiger partial charge in [-0.25, -0.2) is 0 Å². The summed E-state index contributed by atoms with van der Waals surface area (Å²) >= 11 is 1.32. The Labute approximate surface area is 141 Å². The van der Waals surface area contributed by atoms with E-state index in [1.165, 1.54) is 11.3 Å². The maximum Gasteiger partial charge on any atom is 0.266 e. The Morgan fingerprint density at radius 3 is 2.83 bits per heavy atom. The number of thiazole rings is 1. The molecule has 4 rings (SSSR count). The molecule has 0 aliphatic carbocycles. The number of rotatable bonds is 1. The van der Waals surface area contributed by atoms with Crippen LogP contribution in [0.15, 0.2) is 39.7 Å². The van der Waals surface area contributed by atoms with Crippen LogP contribution in [-0.2, 0) is 4.79 Å². The summed E-state index contributed by atoms with van der Waals surface area (Å²) in [6, 6.07) is 7.64. The summed E-state index contributed by atoms with van der Waals surface area (Å²) in [6.07, 6.45) is 3.47. The van der Waals surface area contributed by atoms with Crippen LogP contribution in [0.1, 0.15) is 19.4 Å². The highest BCUT2D eigenvalue weighted by Gasteiger charge is 2.36. The van der Waals surface area contributed by atoms with Crippen LogP contribution in [0, 0.1) is 0 Å². The molecule has 122 valence electrons. The number of carbonyl (C=O) groups is 1. The van der Waals surface area contributed by atoms with Gasteiger partial charge in [0.1, 0.15) is 10.2 Å². The summed E-state index contributed by atoms with van der Waals surface area (Å²) in [5.74, 6) is 0.0337. The average molecular weight is 340 g/mol. The lowest BCUT2D eigenvalue weighted by Crippen LogP contribution is -2.38. The fraction of sp³-hybridized carbons (Fsp3) is 0.222. The fourth-order valence-electron chi connectivity index (χ4n) is 2.84. The molecule has 1 aliphatic heterocycles. The summed E-state index contributed by atoms with van der Waals surface area (Å²) in [7, 11) is 0. The zero-order valence-corrected chi connectivity index (χ0v) is 14.1. The standard InChI is InChI=1S/C18H16N2O3S/c1-18(2)15(21)12(9-19-18)17-20-16(22)14(24-17)8-10-3-4-13-11(7-10)5-6-23-13/h3-8,19H,9H2,1-2H3,(H,20,22)/b14-8-,17-12+. The molecule has 1 saturated heterocycles. The van der Waals surface area contributed by atoms with Gasteiger partial charge in [0, 0.05) is 17.5 Å². The van der Waals surface area contributed by atoms with E-state index in [2.05, 4.69) is 10.3 Å². The second kappa shape index (κ2) is 5.29. The van der Waals surface area contributed by atoms with Crippen molar-refractivity contribution in [2.24, 2.45) is 0 Å². The van der Waals surface area contributed by atoms with Gasteiger partial charge in [-0.2, -0.15) is 0 Å². The molecule has 2 N–H and O–H groups in total. The van der Waals surface area contributed by atoms with Gasteiger partial charge < -0.3 is 14.7 Å². The molecule has 0 spiro atoms. The highest BCUT2D eigenvalue weighted by atomic mass is 32.1. The molecule has 24 heavy (non-hydrogen) atoms. The molecule has 0 unspecified atom stereocenters. The van der Waals surface area contributed by atoms with Gasteiger partial charge in [0.2, 0.25) is 0 Å². The van der Waals surface area contributed by atoms with E-state index in [0.717, 1.165) is 16.5 Å². The Morgan fingerprint density at radius 2 is 2.08 bits per heavy atom. The summed E-state index contributed by atoms with van der Waals surface area (Å²) in [5.41, 5.74) is 1.63. The van der Waals surface area contributed by atoms with E-state index in [4.69, 9.17) is 4.42 Å². The van der Waals surface area contributed by atoms with E-state index >= 15 is 0 Å². The molecule has 0 atom stereocenters. The first-order chi connectivity index (χ1) is 11.4. The highest BCUT2D eigenvalue weighted by molar-refractivity contribution is 7.07. The van der Waals surface area contributed by atoms with Crippen molar-refractivity contribution in [1.29, 1.82) is 0 Å². The average Bonchev–Trinajstić information content (AvgIpc) is 3.20. The molecule has 0 radical (unpaired) electrons. The number of fused-ring (bicyclic) bond motifs is 1. The Morgan fingerprint density at radius 1 is 1.25 bits per heavy atom. The lowest BCUT2D eigenvalue weighted by Gasteiger charge is -2.13. The van der Waals surface area contributed by atoms with Gasteiger partial charge in [-0.05, 0) is 43.7 Å². The number of hydrogen-bond acceptors (Lipinski definition) is 5. The zero-order chi connectivity index (χ0) is 16.9. The third-order valence-corrected chi connectivity index (χ3v) is 5.34. The normalized spacial score (nSPS) is 20.2. The monoisotopic (exact) mass is 340 g/mol. The molecular weight excluding hydrogens is 324 g/mol. The minimum Gasteiger partial charge on any atom is -0.464 e. The smallest absolute Gasteiger partial charge is 0.266 e. The maximum absolute atomic E-state index is 12.4. The van der Waals surface area contributed by atoms with Crippen LogP contribution in [-0.4, -0.2) is 22.9 Å². The number of benzene rings is 1. The van der Waals surface area contributed by atoms with Gasteiger partial charge in [0.05, 0.1) is 16.3 Å². The van der Waals surface area contributed by atoms with Crippen LogP contribution in [0.3, 0.4) is 0 Å². The molecule has 0 amide bonds.